The quantitative estimate of drug-likeness (QED) is 0.243. The Morgan fingerprint density at radius 1 is 1.06 bits per heavy atom. The second-order valence-corrected chi connectivity index (χ2v) is 8.29. The van der Waals surface area contributed by atoms with Crippen molar-refractivity contribution >= 4 is 34.7 Å². The lowest BCUT2D eigenvalue weighted by Crippen LogP contribution is -2.29. The van der Waals surface area contributed by atoms with Gasteiger partial charge in [-0.15, -0.1) is 0 Å². The maximum Gasteiger partial charge on any atom is 0.416 e. The lowest BCUT2D eigenvalue weighted by molar-refractivity contribution is -0.137. The number of carbonyl (C=O) groups is 2. The summed E-state index contributed by atoms with van der Waals surface area (Å²) in [5, 5.41) is 21.3. The summed E-state index contributed by atoms with van der Waals surface area (Å²) in [5.74, 6) is -2.79. The minimum absolute atomic E-state index is 0.00480. The maximum atomic E-state index is 13.4. The third-order valence-electron chi connectivity index (χ3n) is 5.59. The zero-order valence-corrected chi connectivity index (χ0v) is 19.5. The normalized spacial score (nSPS) is 17.5. The fourth-order valence-electron chi connectivity index (χ4n) is 4.03. The van der Waals surface area contributed by atoms with E-state index in [0.29, 0.717) is 12.4 Å². The molecule has 4 rings (SSSR count). The molecule has 1 fully saturated rings. The van der Waals surface area contributed by atoms with Crippen molar-refractivity contribution in [3.63, 3.8) is 0 Å². The van der Waals surface area contributed by atoms with E-state index in [1.165, 1.54) is 42.5 Å². The number of hydrogen-bond acceptors (Lipinski definition) is 5. The minimum Gasteiger partial charge on any atom is -0.508 e. The molecule has 10 heteroatoms. The molecule has 36 heavy (non-hydrogen) atoms. The first kappa shape index (κ1) is 25.1. The highest BCUT2D eigenvalue weighted by molar-refractivity contribution is 6.52. The first-order valence-corrected chi connectivity index (χ1v) is 11.1. The van der Waals surface area contributed by atoms with Gasteiger partial charge in [0.25, 0.3) is 11.7 Å². The second kappa shape index (κ2) is 9.58. The predicted octanol–water partition coefficient (Wildman–Crippen LogP) is 6.09. The molecule has 0 aromatic heterocycles. The minimum atomic E-state index is -4.70. The topological polar surface area (TPSA) is 87.1 Å². The Kier molecular flexibility index (Phi) is 6.69. The number of aliphatic hydroxyl groups is 1. The van der Waals surface area contributed by atoms with E-state index in [9.17, 15) is 33.0 Å². The van der Waals surface area contributed by atoms with Gasteiger partial charge in [0.1, 0.15) is 17.3 Å². The van der Waals surface area contributed by atoms with Crippen LogP contribution in [0, 0.1) is 0 Å². The molecule has 0 aliphatic carbocycles. The highest BCUT2D eigenvalue weighted by Crippen LogP contribution is 2.44. The lowest BCUT2D eigenvalue weighted by atomic mass is 9.94. The summed E-state index contributed by atoms with van der Waals surface area (Å²) in [5.41, 5.74) is -1.46. The van der Waals surface area contributed by atoms with Crippen LogP contribution in [0.15, 0.2) is 72.3 Å². The second-order valence-electron chi connectivity index (χ2n) is 7.89. The number of hydrogen-bond donors (Lipinski definition) is 2. The fraction of sp³-hybridized carbons (Fsp3) is 0.154. The molecule has 0 saturated carbocycles. The number of Topliss-reactive ketones (excluding diaryl/α,β-unsaturated/α-hetero) is 1. The number of phenolic OH excluding ortho intramolecular Hbond substituents is 1. The third-order valence-corrected chi connectivity index (χ3v) is 5.92. The first-order chi connectivity index (χ1) is 17.0. The molecule has 0 spiro atoms. The molecule has 1 saturated heterocycles. The van der Waals surface area contributed by atoms with Gasteiger partial charge >= 0.3 is 6.18 Å². The average Bonchev–Trinajstić information content (AvgIpc) is 3.10. The van der Waals surface area contributed by atoms with Crippen molar-refractivity contribution in [2.75, 3.05) is 11.5 Å². The summed E-state index contributed by atoms with van der Waals surface area (Å²) in [6.45, 7) is 2.06. The van der Waals surface area contributed by atoms with E-state index in [2.05, 4.69) is 0 Å². The smallest absolute Gasteiger partial charge is 0.416 e. The monoisotopic (exact) mass is 517 g/mol. The van der Waals surface area contributed by atoms with Crippen molar-refractivity contribution < 1.29 is 37.7 Å². The molecule has 1 aliphatic rings. The van der Waals surface area contributed by atoms with E-state index in [0.717, 1.165) is 23.1 Å². The molecule has 1 atom stereocenters. The van der Waals surface area contributed by atoms with Gasteiger partial charge in [0, 0.05) is 11.3 Å². The zero-order chi connectivity index (χ0) is 26.2. The number of halogens is 4. The first-order valence-electron chi connectivity index (χ1n) is 10.7. The molecule has 1 amide bonds. The Balaban J connectivity index is 1.97. The predicted molar refractivity (Wildman–Crippen MR) is 127 cm³/mol. The number of aromatic hydroxyl groups is 1. The number of rotatable bonds is 5. The molecular formula is C26H19ClF3NO5. The molecule has 2 N–H and O–H groups in total. The van der Waals surface area contributed by atoms with Gasteiger partial charge in [-0.25, -0.2) is 0 Å². The summed E-state index contributed by atoms with van der Waals surface area (Å²) < 4.78 is 45.6. The number of nitrogens with zero attached hydrogens (tertiary/aromatic N) is 1. The fourth-order valence-corrected chi connectivity index (χ4v) is 4.24. The highest BCUT2D eigenvalue weighted by Gasteiger charge is 2.47. The molecule has 3 aromatic rings. The van der Waals surface area contributed by atoms with Crippen LogP contribution in [0.4, 0.5) is 18.9 Å². The Bertz CT molecular complexity index is 1390. The van der Waals surface area contributed by atoms with Crippen molar-refractivity contribution in [2.45, 2.75) is 19.1 Å². The number of ketones is 1. The van der Waals surface area contributed by atoms with Gasteiger partial charge in [-0.1, -0.05) is 29.8 Å². The number of aliphatic hydroxyl groups excluding tert-OH is 1. The molecule has 3 aromatic carbocycles. The number of ether oxygens (including phenoxy) is 1. The van der Waals surface area contributed by atoms with Crippen molar-refractivity contribution in [3.8, 4) is 11.5 Å². The number of carbonyl (C=O) groups excluding carboxylic acids is 2. The van der Waals surface area contributed by atoms with Gasteiger partial charge in [0.15, 0.2) is 0 Å². The Morgan fingerprint density at radius 2 is 1.78 bits per heavy atom. The molecule has 1 heterocycles. The Morgan fingerprint density at radius 3 is 2.44 bits per heavy atom. The summed E-state index contributed by atoms with van der Waals surface area (Å²) in [4.78, 5) is 27.2. The van der Waals surface area contributed by atoms with E-state index < -0.39 is 40.8 Å². The SMILES string of the molecule is CCOc1ccc(Cl)c(/C(O)=C2\C(=O)C(=O)N(c3cccc(C(F)(F)F)c3)C2c2cccc(O)c2)c1. The van der Waals surface area contributed by atoms with E-state index in [4.69, 9.17) is 16.3 Å². The van der Waals surface area contributed by atoms with E-state index in [-0.39, 0.29) is 27.6 Å². The molecule has 1 aliphatic heterocycles. The molecule has 6 nitrogen and oxygen atoms in total. The largest absolute Gasteiger partial charge is 0.508 e. The molecular weight excluding hydrogens is 499 g/mol. The Labute approximate surface area is 208 Å². The van der Waals surface area contributed by atoms with Gasteiger partial charge in [-0.3, -0.25) is 14.5 Å². The molecule has 0 radical (unpaired) electrons. The number of phenols is 1. The lowest BCUT2D eigenvalue weighted by Gasteiger charge is -2.26. The van der Waals surface area contributed by atoms with Crippen LogP contribution in [0.1, 0.15) is 29.7 Å². The Hall–Kier alpha value is -3.98. The van der Waals surface area contributed by atoms with Gasteiger partial charge in [0.2, 0.25) is 0 Å². The zero-order valence-electron chi connectivity index (χ0n) is 18.7. The number of benzene rings is 3. The van der Waals surface area contributed by atoms with Crippen molar-refractivity contribution in [1.82, 2.24) is 0 Å². The van der Waals surface area contributed by atoms with Crippen LogP contribution < -0.4 is 9.64 Å². The van der Waals surface area contributed by atoms with Gasteiger partial charge in [-0.2, -0.15) is 13.2 Å². The summed E-state index contributed by atoms with van der Waals surface area (Å²) >= 11 is 6.27. The van der Waals surface area contributed by atoms with E-state index >= 15 is 0 Å². The molecule has 1 unspecified atom stereocenters. The van der Waals surface area contributed by atoms with Crippen LogP contribution in [0.25, 0.3) is 5.76 Å². The van der Waals surface area contributed by atoms with Crippen LogP contribution in [0.3, 0.4) is 0 Å². The van der Waals surface area contributed by atoms with Crippen LogP contribution >= 0.6 is 11.6 Å². The van der Waals surface area contributed by atoms with Crippen LogP contribution in [0.5, 0.6) is 11.5 Å². The number of alkyl halides is 3. The summed E-state index contributed by atoms with van der Waals surface area (Å²) in [7, 11) is 0. The number of amides is 1. The summed E-state index contributed by atoms with van der Waals surface area (Å²) in [6.07, 6.45) is -4.70. The van der Waals surface area contributed by atoms with Crippen molar-refractivity contribution in [3.05, 3.63) is 94.0 Å². The highest BCUT2D eigenvalue weighted by atomic mass is 35.5. The van der Waals surface area contributed by atoms with Gasteiger partial charge in [-0.05, 0) is 61.0 Å². The van der Waals surface area contributed by atoms with E-state index in [1.54, 1.807) is 13.0 Å². The van der Waals surface area contributed by atoms with Gasteiger partial charge in [0.05, 0.1) is 28.8 Å². The molecule has 186 valence electrons. The third kappa shape index (κ3) is 4.61. The van der Waals surface area contributed by atoms with Crippen LogP contribution in [0.2, 0.25) is 5.02 Å². The van der Waals surface area contributed by atoms with Gasteiger partial charge < -0.3 is 14.9 Å². The average molecular weight is 518 g/mol. The van der Waals surface area contributed by atoms with Crippen molar-refractivity contribution in [1.29, 1.82) is 0 Å². The standard InChI is InChI=1S/C26H19ClF3NO5/c1-2-36-18-9-10-20(27)19(13-18)23(33)21-22(14-5-3-8-17(32)11-14)31(25(35)24(21)34)16-7-4-6-15(12-16)26(28,29)30/h3-13,22,32-33H,2H2,1H3/b23-21+. The van der Waals surface area contributed by atoms with Crippen molar-refractivity contribution in [2.24, 2.45) is 0 Å². The van der Waals surface area contributed by atoms with Crippen LogP contribution in [-0.4, -0.2) is 28.5 Å². The number of anilines is 1. The summed E-state index contributed by atoms with van der Waals surface area (Å²) in [6, 6.07) is 12.5. The van der Waals surface area contributed by atoms with Crippen LogP contribution in [-0.2, 0) is 15.8 Å². The van der Waals surface area contributed by atoms with E-state index in [1.807, 2.05) is 0 Å². The molecule has 0 bridgehead atoms. The maximum absolute atomic E-state index is 13.4.